The summed E-state index contributed by atoms with van der Waals surface area (Å²) in [5, 5.41) is 0. The van der Waals surface area contributed by atoms with Gasteiger partial charge in [-0.15, -0.1) is 11.8 Å². The van der Waals surface area contributed by atoms with Gasteiger partial charge >= 0.3 is 0 Å². The van der Waals surface area contributed by atoms with Gasteiger partial charge in [0, 0.05) is 26.2 Å². The van der Waals surface area contributed by atoms with Crippen molar-refractivity contribution in [3.63, 3.8) is 0 Å². The van der Waals surface area contributed by atoms with Crippen molar-refractivity contribution in [3.05, 3.63) is 39.8 Å². The maximum Gasteiger partial charge on any atom is 0.267 e. The SMILES string of the molecule is CCSC1=C(c2ccc(C)cc2C)C(=O)N(CCCN2CCOCC2)C1=O. The van der Waals surface area contributed by atoms with E-state index >= 15 is 0 Å². The fourth-order valence-electron chi connectivity index (χ4n) is 3.64. The fraction of sp³-hybridized carbons (Fsp3) is 0.524. The molecule has 6 heteroatoms. The van der Waals surface area contributed by atoms with Crippen molar-refractivity contribution in [1.82, 2.24) is 9.80 Å². The number of hydrogen-bond acceptors (Lipinski definition) is 5. The molecule has 2 heterocycles. The zero-order valence-corrected chi connectivity index (χ0v) is 17.2. The zero-order valence-electron chi connectivity index (χ0n) is 16.4. The average molecular weight is 389 g/mol. The highest BCUT2D eigenvalue weighted by atomic mass is 32.2. The zero-order chi connectivity index (χ0) is 19.4. The third-order valence-corrected chi connectivity index (χ3v) is 5.98. The number of hydrogen-bond donors (Lipinski definition) is 0. The van der Waals surface area contributed by atoms with E-state index in [2.05, 4.69) is 11.0 Å². The van der Waals surface area contributed by atoms with Crippen molar-refractivity contribution in [2.75, 3.05) is 45.1 Å². The van der Waals surface area contributed by atoms with Gasteiger partial charge in [-0.1, -0.05) is 30.7 Å². The monoisotopic (exact) mass is 388 g/mol. The quantitative estimate of drug-likeness (QED) is 0.673. The summed E-state index contributed by atoms with van der Waals surface area (Å²) in [4.78, 5) is 30.4. The summed E-state index contributed by atoms with van der Waals surface area (Å²) >= 11 is 1.47. The molecule has 1 fully saturated rings. The molecule has 0 N–H and O–H groups in total. The minimum Gasteiger partial charge on any atom is -0.379 e. The summed E-state index contributed by atoms with van der Waals surface area (Å²) in [6, 6.07) is 6.04. The molecular weight excluding hydrogens is 360 g/mol. The predicted octanol–water partition coefficient (Wildman–Crippen LogP) is 2.86. The van der Waals surface area contributed by atoms with Crippen LogP contribution in [-0.2, 0) is 14.3 Å². The van der Waals surface area contributed by atoms with E-state index in [4.69, 9.17) is 4.74 Å². The van der Waals surface area contributed by atoms with Crippen molar-refractivity contribution in [1.29, 1.82) is 0 Å². The van der Waals surface area contributed by atoms with Crippen LogP contribution in [0.3, 0.4) is 0 Å². The first-order chi connectivity index (χ1) is 13.0. The molecule has 3 rings (SSSR count). The van der Waals surface area contributed by atoms with Gasteiger partial charge in [-0.2, -0.15) is 0 Å². The number of rotatable bonds is 7. The Balaban J connectivity index is 1.75. The number of thioether (sulfide) groups is 1. The summed E-state index contributed by atoms with van der Waals surface area (Å²) in [6.07, 6.45) is 0.793. The molecule has 0 unspecified atom stereocenters. The normalized spacial score (nSPS) is 18.7. The van der Waals surface area contributed by atoms with Crippen LogP contribution in [0.2, 0.25) is 0 Å². The van der Waals surface area contributed by atoms with Crippen LogP contribution in [-0.4, -0.2) is 66.8 Å². The van der Waals surface area contributed by atoms with Gasteiger partial charge in [-0.25, -0.2) is 0 Å². The summed E-state index contributed by atoms with van der Waals surface area (Å²) < 4.78 is 5.37. The van der Waals surface area contributed by atoms with Gasteiger partial charge in [0.1, 0.15) is 0 Å². The van der Waals surface area contributed by atoms with Gasteiger partial charge in [-0.05, 0) is 37.1 Å². The Morgan fingerprint density at radius 3 is 2.48 bits per heavy atom. The summed E-state index contributed by atoms with van der Waals surface area (Å²) in [5.41, 5.74) is 3.65. The van der Waals surface area contributed by atoms with Crippen LogP contribution in [0, 0.1) is 13.8 Å². The van der Waals surface area contributed by atoms with Gasteiger partial charge in [0.15, 0.2) is 0 Å². The number of imide groups is 1. The van der Waals surface area contributed by atoms with E-state index in [1.165, 1.54) is 16.7 Å². The first-order valence-corrected chi connectivity index (χ1v) is 10.6. The second-order valence-corrected chi connectivity index (χ2v) is 8.30. The van der Waals surface area contributed by atoms with E-state index in [1.807, 2.05) is 32.9 Å². The van der Waals surface area contributed by atoms with Crippen molar-refractivity contribution in [2.24, 2.45) is 0 Å². The highest BCUT2D eigenvalue weighted by molar-refractivity contribution is 8.04. The lowest BCUT2D eigenvalue weighted by atomic mass is 9.99. The molecule has 146 valence electrons. The number of ether oxygens (including phenoxy) is 1. The Morgan fingerprint density at radius 1 is 1.07 bits per heavy atom. The molecule has 27 heavy (non-hydrogen) atoms. The number of benzene rings is 1. The minimum absolute atomic E-state index is 0.135. The number of morpholine rings is 1. The number of nitrogens with zero attached hydrogens (tertiary/aromatic N) is 2. The van der Waals surface area contributed by atoms with Crippen LogP contribution in [0.25, 0.3) is 5.57 Å². The average Bonchev–Trinajstić information content (AvgIpc) is 2.88. The van der Waals surface area contributed by atoms with E-state index in [0.717, 1.165) is 61.7 Å². The maximum absolute atomic E-state index is 13.1. The molecule has 2 aliphatic rings. The van der Waals surface area contributed by atoms with Crippen molar-refractivity contribution < 1.29 is 14.3 Å². The topological polar surface area (TPSA) is 49.9 Å². The molecule has 0 bridgehead atoms. The standard InChI is InChI=1S/C21H28N2O3S/c1-4-27-19-18(17-7-6-15(2)14-16(17)3)20(24)23(21(19)25)9-5-8-22-10-12-26-13-11-22/h6-7,14H,4-5,8-13H2,1-3H3. The largest absolute Gasteiger partial charge is 0.379 e. The molecule has 0 aliphatic carbocycles. The van der Waals surface area contributed by atoms with Crippen LogP contribution in [0.15, 0.2) is 23.1 Å². The van der Waals surface area contributed by atoms with E-state index in [0.29, 0.717) is 17.0 Å². The lowest BCUT2D eigenvalue weighted by Gasteiger charge is -2.27. The maximum atomic E-state index is 13.1. The molecule has 2 aliphatic heterocycles. The summed E-state index contributed by atoms with van der Waals surface area (Å²) in [5.74, 6) is 0.485. The smallest absolute Gasteiger partial charge is 0.267 e. The van der Waals surface area contributed by atoms with Crippen LogP contribution < -0.4 is 0 Å². The Morgan fingerprint density at radius 2 is 1.81 bits per heavy atom. The van der Waals surface area contributed by atoms with Gasteiger partial charge in [-0.3, -0.25) is 19.4 Å². The Labute approximate surface area is 165 Å². The predicted molar refractivity (Wildman–Crippen MR) is 110 cm³/mol. The second kappa shape index (κ2) is 9.04. The van der Waals surface area contributed by atoms with Crippen LogP contribution in [0.5, 0.6) is 0 Å². The van der Waals surface area contributed by atoms with E-state index < -0.39 is 0 Å². The van der Waals surface area contributed by atoms with Crippen LogP contribution in [0.1, 0.15) is 30.0 Å². The molecule has 2 amide bonds. The molecule has 0 spiro atoms. The molecule has 1 aromatic rings. The minimum atomic E-state index is -0.148. The Bertz CT molecular complexity index is 754. The third kappa shape index (κ3) is 4.45. The van der Waals surface area contributed by atoms with Crippen LogP contribution in [0.4, 0.5) is 0 Å². The second-order valence-electron chi connectivity index (χ2n) is 7.03. The van der Waals surface area contributed by atoms with Gasteiger partial charge in [0.05, 0.1) is 23.7 Å². The Hall–Kier alpha value is -1.63. The molecular formula is C21H28N2O3S. The first-order valence-electron chi connectivity index (χ1n) is 9.64. The van der Waals surface area contributed by atoms with Crippen molar-refractivity contribution in [3.8, 4) is 0 Å². The molecule has 1 aromatic carbocycles. The molecule has 0 radical (unpaired) electrons. The number of carbonyl (C=O) groups is 2. The number of amides is 2. The number of aryl methyl sites for hydroxylation is 2. The molecule has 5 nitrogen and oxygen atoms in total. The van der Waals surface area contributed by atoms with Crippen molar-refractivity contribution >= 4 is 29.1 Å². The molecule has 0 atom stereocenters. The van der Waals surface area contributed by atoms with Crippen molar-refractivity contribution in [2.45, 2.75) is 27.2 Å². The highest BCUT2D eigenvalue weighted by Crippen LogP contribution is 2.37. The third-order valence-electron chi connectivity index (χ3n) is 5.03. The summed E-state index contributed by atoms with van der Waals surface area (Å²) in [7, 11) is 0. The first kappa shape index (κ1) is 20.1. The number of carbonyl (C=O) groups excluding carboxylic acids is 2. The van der Waals surface area contributed by atoms with Gasteiger partial charge in [0.2, 0.25) is 0 Å². The lowest BCUT2D eigenvalue weighted by molar-refractivity contribution is -0.136. The fourth-order valence-corrected chi connectivity index (χ4v) is 4.51. The van der Waals surface area contributed by atoms with E-state index in [1.54, 1.807) is 0 Å². The lowest BCUT2D eigenvalue weighted by Crippen LogP contribution is -2.39. The Kier molecular flexibility index (Phi) is 6.73. The van der Waals surface area contributed by atoms with E-state index in [-0.39, 0.29) is 11.8 Å². The highest BCUT2D eigenvalue weighted by Gasteiger charge is 2.39. The molecule has 1 saturated heterocycles. The van der Waals surface area contributed by atoms with Gasteiger partial charge < -0.3 is 4.74 Å². The molecule has 0 saturated carbocycles. The molecule has 0 aromatic heterocycles. The summed E-state index contributed by atoms with van der Waals surface area (Å²) in [6.45, 7) is 10.8. The van der Waals surface area contributed by atoms with Crippen LogP contribution >= 0.6 is 11.8 Å². The van der Waals surface area contributed by atoms with E-state index in [9.17, 15) is 9.59 Å². The van der Waals surface area contributed by atoms with Gasteiger partial charge in [0.25, 0.3) is 11.8 Å².